The van der Waals surface area contributed by atoms with Gasteiger partial charge in [0.15, 0.2) is 11.6 Å². The number of allylic oxidation sites excluding steroid dienone is 1. The minimum atomic E-state index is -1.27. The second kappa shape index (κ2) is 9.54. The highest BCUT2D eigenvalue weighted by Gasteiger charge is 2.71. The van der Waals surface area contributed by atoms with E-state index in [0.717, 1.165) is 34.4 Å². The van der Waals surface area contributed by atoms with Gasteiger partial charge < -0.3 is 10.2 Å². The molecule has 1 N–H and O–H groups in total. The van der Waals surface area contributed by atoms with Crippen molar-refractivity contribution in [2.24, 2.45) is 17.3 Å². The molecule has 0 unspecified atom stereocenters. The Bertz CT molecular complexity index is 1590. The van der Waals surface area contributed by atoms with E-state index in [1.807, 2.05) is 100 Å². The number of hydrogen-bond acceptors (Lipinski definition) is 4. The summed E-state index contributed by atoms with van der Waals surface area (Å²) in [5.74, 6) is -0.874. The van der Waals surface area contributed by atoms with Crippen LogP contribution in [0.4, 0.5) is 11.4 Å². The molecule has 4 atom stereocenters. The van der Waals surface area contributed by atoms with E-state index >= 15 is 0 Å². The molecule has 0 aliphatic carbocycles. The summed E-state index contributed by atoms with van der Waals surface area (Å²) < 4.78 is 0. The first kappa shape index (κ1) is 27.2. The average molecular weight is 547 g/mol. The number of carbonyl (C=O) groups excluding carboxylic acids is 3. The molecule has 0 bridgehead atoms. The van der Waals surface area contributed by atoms with Crippen LogP contribution in [0.3, 0.4) is 0 Å². The number of anilines is 2. The highest BCUT2D eigenvalue weighted by Crippen LogP contribution is 2.59. The molecule has 3 heterocycles. The Morgan fingerprint density at radius 1 is 0.951 bits per heavy atom. The van der Waals surface area contributed by atoms with Gasteiger partial charge in [-0.15, -0.1) is 0 Å². The van der Waals surface area contributed by atoms with Crippen LogP contribution in [0, 0.1) is 17.3 Å². The van der Waals surface area contributed by atoms with Gasteiger partial charge in [-0.25, -0.2) is 0 Å². The lowest BCUT2D eigenvalue weighted by Gasteiger charge is -2.39. The lowest BCUT2D eigenvalue weighted by atomic mass is 9.63. The monoisotopic (exact) mass is 546 g/mol. The maximum absolute atomic E-state index is 14.9. The first-order valence-electron chi connectivity index (χ1n) is 14.6. The van der Waals surface area contributed by atoms with E-state index in [2.05, 4.69) is 30.1 Å². The summed E-state index contributed by atoms with van der Waals surface area (Å²) in [7, 11) is 0. The summed E-state index contributed by atoms with van der Waals surface area (Å²) in [6.45, 7) is 12.1. The maximum Gasteiger partial charge on any atom is 0.238 e. The van der Waals surface area contributed by atoms with Gasteiger partial charge in [-0.1, -0.05) is 101 Å². The molecule has 3 aromatic rings. The third kappa shape index (κ3) is 4.00. The highest BCUT2D eigenvalue weighted by molar-refractivity contribution is 6.17. The van der Waals surface area contributed by atoms with Crippen LogP contribution in [0.5, 0.6) is 0 Å². The fourth-order valence-corrected chi connectivity index (χ4v) is 7.29. The number of para-hydroxylation sites is 2. The van der Waals surface area contributed by atoms with Crippen molar-refractivity contribution in [1.29, 1.82) is 0 Å². The van der Waals surface area contributed by atoms with E-state index in [-0.39, 0.29) is 17.5 Å². The van der Waals surface area contributed by atoms with Gasteiger partial charge in [0.1, 0.15) is 11.5 Å². The Balaban J connectivity index is 1.63. The maximum atomic E-state index is 14.9. The van der Waals surface area contributed by atoms with Crippen LogP contribution in [0.15, 0.2) is 78.9 Å². The summed E-state index contributed by atoms with van der Waals surface area (Å²) in [5, 5.41) is 3.11. The van der Waals surface area contributed by atoms with Crippen molar-refractivity contribution < 1.29 is 14.4 Å². The summed E-state index contributed by atoms with van der Waals surface area (Å²) >= 11 is 0. The molecule has 210 valence electrons. The van der Waals surface area contributed by atoms with Crippen molar-refractivity contribution in [2.75, 3.05) is 10.2 Å². The SMILES string of the molecule is CC1=C[C@H]2N(c3ccccc31)[C@H](C(=O)C(C)(C)C)[C@@H](C(=O)c1ccc(CC(C)C)cc1)[C@]21C(=O)Nc2ccccc21. The van der Waals surface area contributed by atoms with Gasteiger partial charge in [-0.05, 0) is 48.1 Å². The zero-order valence-electron chi connectivity index (χ0n) is 24.7. The molecule has 0 aromatic heterocycles. The third-order valence-corrected chi connectivity index (χ3v) is 9.06. The van der Waals surface area contributed by atoms with Gasteiger partial charge in [0, 0.05) is 27.9 Å². The van der Waals surface area contributed by atoms with Crippen LogP contribution in [0.1, 0.15) is 68.6 Å². The minimum Gasteiger partial charge on any atom is -0.352 e. The van der Waals surface area contributed by atoms with E-state index in [9.17, 15) is 14.4 Å². The molecule has 1 spiro atoms. The number of amides is 1. The van der Waals surface area contributed by atoms with Crippen molar-refractivity contribution in [3.05, 3.63) is 101 Å². The molecule has 5 nitrogen and oxygen atoms in total. The van der Waals surface area contributed by atoms with Crippen LogP contribution in [-0.2, 0) is 21.4 Å². The largest absolute Gasteiger partial charge is 0.352 e. The normalized spacial score (nSPS) is 24.6. The Morgan fingerprint density at radius 3 is 2.29 bits per heavy atom. The number of carbonyl (C=O) groups is 3. The van der Waals surface area contributed by atoms with Gasteiger partial charge in [-0.3, -0.25) is 14.4 Å². The van der Waals surface area contributed by atoms with E-state index < -0.39 is 28.8 Å². The Hall–Kier alpha value is -3.99. The third-order valence-electron chi connectivity index (χ3n) is 9.06. The Labute approximate surface area is 242 Å². The number of fused-ring (bicyclic) bond motifs is 6. The zero-order valence-corrected chi connectivity index (χ0v) is 24.7. The summed E-state index contributed by atoms with van der Waals surface area (Å²) in [4.78, 5) is 46.0. The van der Waals surface area contributed by atoms with Gasteiger partial charge in [0.2, 0.25) is 5.91 Å². The first-order valence-corrected chi connectivity index (χ1v) is 14.6. The molecule has 1 amide bonds. The number of hydrogen-bond donors (Lipinski definition) is 1. The van der Waals surface area contributed by atoms with Crippen LogP contribution in [0.2, 0.25) is 0 Å². The number of Topliss-reactive ketones (excluding diaryl/α,β-unsaturated/α-hetero) is 2. The molecule has 3 aromatic carbocycles. The van der Waals surface area contributed by atoms with Gasteiger partial charge in [0.25, 0.3) is 0 Å². The Morgan fingerprint density at radius 2 is 1.61 bits per heavy atom. The number of ketones is 2. The second-order valence-electron chi connectivity index (χ2n) is 13.3. The standard InChI is InChI=1S/C36H38N2O3/c1-21(2)19-23-15-17-24(18-16-23)32(39)30-31(33(40)35(4,5)6)38-28-14-10-7-11-25(28)22(3)20-29(38)36(30)26-12-8-9-13-27(26)37-34(36)41/h7-18,20-21,29-31H,19H2,1-6H3,(H,37,41)/t29-,30+,31+,36-/m1/s1. The predicted molar refractivity (Wildman–Crippen MR) is 164 cm³/mol. The quantitative estimate of drug-likeness (QED) is 0.355. The smallest absolute Gasteiger partial charge is 0.238 e. The lowest BCUT2D eigenvalue weighted by molar-refractivity contribution is -0.128. The molecule has 0 saturated carbocycles. The molecule has 6 rings (SSSR count). The minimum absolute atomic E-state index is 0.0471. The number of benzene rings is 3. The average Bonchev–Trinajstić information content (AvgIpc) is 3.40. The van der Waals surface area contributed by atoms with E-state index in [1.165, 1.54) is 0 Å². The van der Waals surface area contributed by atoms with Crippen LogP contribution >= 0.6 is 0 Å². The van der Waals surface area contributed by atoms with Crippen molar-refractivity contribution in [1.82, 2.24) is 0 Å². The fraction of sp³-hybridized carbons (Fsp3) is 0.361. The van der Waals surface area contributed by atoms with Gasteiger partial charge in [-0.2, -0.15) is 0 Å². The molecular weight excluding hydrogens is 508 g/mol. The summed E-state index contributed by atoms with van der Waals surface area (Å²) in [6, 6.07) is 22.1. The summed E-state index contributed by atoms with van der Waals surface area (Å²) in [6.07, 6.45) is 3.02. The topological polar surface area (TPSA) is 66.5 Å². The van der Waals surface area contributed by atoms with Crippen molar-refractivity contribution in [2.45, 2.75) is 65.5 Å². The van der Waals surface area contributed by atoms with Crippen molar-refractivity contribution in [3.63, 3.8) is 0 Å². The first-order chi connectivity index (χ1) is 19.5. The van der Waals surface area contributed by atoms with E-state index in [1.54, 1.807) is 0 Å². The molecule has 3 aliphatic heterocycles. The molecule has 5 heteroatoms. The molecule has 41 heavy (non-hydrogen) atoms. The molecule has 1 saturated heterocycles. The number of nitrogens with one attached hydrogen (secondary N) is 1. The molecule has 0 radical (unpaired) electrons. The van der Waals surface area contributed by atoms with Crippen LogP contribution in [0.25, 0.3) is 5.57 Å². The zero-order chi connectivity index (χ0) is 29.3. The summed E-state index contributed by atoms with van der Waals surface area (Å²) in [5.41, 5.74) is 4.10. The fourth-order valence-electron chi connectivity index (χ4n) is 7.29. The Kier molecular flexibility index (Phi) is 6.33. The molecule has 3 aliphatic rings. The predicted octanol–water partition coefficient (Wildman–Crippen LogP) is 6.86. The lowest BCUT2D eigenvalue weighted by Crippen LogP contribution is -2.51. The number of nitrogens with zero attached hydrogens (tertiary/aromatic N) is 1. The van der Waals surface area contributed by atoms with Gasteiger partial charge in [0.05, 0.1) is 12.0 Å². The number of rotatable bonds is 5. The molecular formula is C36H38N2O3. The van der Waals surface area contributed by atoms with Crippen molar-refractivity contribution in [3.8, 4) is 0 Å². The van der Waals surface area contributed by atoms with Gasteiger partial charge >= 0.3 is 0 Å². The van der Waals surface area contributed by atoms with E-state index in [4.69, 9.17) is 0 Å². The van der Waals surface area contributed by atoms with Crippen LogP contribution in [-0.4, -0.2) is 29.6 Å². The van der Waals surface area contributed by atoms with Crippen molar-refractivity contribution >= 4 is 34.4 Å². The van der Waals surface area contributed by atoms with E-state index in [0.29, 0.717) is 17.2 Å². The molecule has 1 fully saturated rings. The van der Waals surface area contributed by atoms with Crippen LogP contribution < -0.4 is 10.2 Å². The second-order valence-corrected chi connectivity index (χ2v) is 13.3. The highest BCUT2D eigenvalue weighted by atomic mass is 16.2.